The zero-order valence-corrected chi connectivity index (χ0v) is 12.1. The van der Waals surface area contributed by atoms with Crippen molar-refractivity contribution in [1.29, 1.82) is 0 Å². The Morgan fingerprint density at radius 2 is 1.82 bits per heavy atom. The molecule has 0 amide bonds. The Kier molecular flexibility index (Phi) is 3.55. The summed E-state index contributed by atoms with van der Waals surface area (Å²) in [4.78, 5) is 4.13. The lowest BCUT2D eigenvalue weighted by atomic mass is 10.1. The van der Waals surface area contributed by atoms with Crippen LogP contribution in [0.25, 0.3) is 22.0 Å². The first-order chi connectivity index (χ1) is 10.6. The van der Waals surface area contributed by atoms with Gasteiger partial charge in [-0.25, -0.2) is 9.37 Å². The third kappa shape index (κ3) is 2.41. The number of hydrogen-bond acceptors (Lipinski definition) is 4. The molecular formula is C17H14FNO3. The van der Waals surface area contributed by atoms with E-state index >= 15 is 0 Å². The molecule has 0 radical (unpaired) electrons. The molecule has 0 aliphatic carbocycles. The van der Waals surface area contributed by atoms with Gasteiger partial charge in [0.25, 0.3) is 0 Å². The van der Waals surface area contributed by atoms with E-state index in [0.29, 0.717) is 22.4 Å². The van der Waals surface area contributed by atoms with Gasteiger partial charge in [0, 0.05) is 10.9 Å². The molecule has 4 nitrogen and oxygen atoms in total. The third-order valence-corrected chi connectivity index (χ3v) is 3.47. The number of hydrogen-bond donors (Lipinski definition) is 1. The third-order valence-electron chi connectivity index (χ3n) is 3.47. The van der Waals surface area contributed by atoms with Crippen molar-refractivity contribution in [2.75, 3.05) is 14.2 Å². The summed E-state index contributed by atoms with van der Waals surface area (Å²) in [6, 6.07) is 11.6. The molecule has 22 heavy (non-hydrogen) atoms. The molecule has 112 valence electrons. The summed E-state index contributed by atoms with van der Waals surface area (Å²) in [5.41, 5.74) is 1.03. The number of pyridine rings is 1. The van der Waals surface area contributed by atoms with Crippen molar-refractivity contribution in [2.24, 2.45) is 0 Å². The summed E-state index contributed by atoms with van der Waals surface area (Å²) < 4.78 is 23.9. The van der Waals surface area contributed by atoms with Crippen molar-refractivity contribution >= 4 is 10.8 Å². The van der Waals surface area contributed by atoms with Gasteiger partial charge in [-0.2, -0.15) is 0 Å². The van der Waals surface area contributed by atoms with E-state index in [2.05, 4.69) is 4.98 Å². The van der Waals surface area contributed by atoms with Crippen LogP contribution in [0.2, 0.25) is 0 Å². The summed E-state index contributed by atoms with van der Waals surface area (Å²) in [6.45, 7) is 0. The van der Waals surface area contributed by atoms with Crippen LogP contribution in [0.1, 0.15) is 0 Å². The zero-order chi connectivity index (χ0) is 15.7. The highest BCUT2D eigenvalue weighted by Crippen LogP contribution is 2.32. The Morgan fingerprint density at radius 3 is 2.50 bits per heavy atom. The maximum absolute atomic E-state index is 13.8. The van der Waals surface area contributed by atoms with Crippen LogP contribution in [0.15, 0.2) is 42.5 Å². The Labute approximate surface area is 126 Å². The molecule has 1 heterocycles. The monoisotopic (exact) mass is 299 g/mol. The standard InChI is InChI=1S/C17H14FNO3/c1-21-12-4-5-13-11(7-12)9-15(19-17(13)20)10-3-6-16(22-2)14(18)8-10/h3-9H,1-2H3,(H,19,20). The van der Waals surface area contributed by atoms with Gasteiger partial charge in [0.05, 0.1) is 19.9 Å². The molecule has 0 saturated carbocycles. The predicted molar refractivity (Wildman–Crippen MR) is 81.9 cm³/mol. The van der Waals surface area contributed by atoms with E-state index in [1.54, 1.807) is 37.4 Å². The fraction of sp³-hybridized carbons (Fsp3) is 0.118. The molecule has 3 aromatic rings. The normalized spacial score (nSPS) is 10.7. The van der Waals surface area contributed by atoms with Gasteiger partial charge in [-0.15, -0.1) is 0 Å². The van der Waals surface area contributed by atoms with Gasteiger partial charge in [0.2, 0.25) is 5.88 Å². The van der Waals surface area contributed by atoms with Crippen molar-refractivity contribution in [1.82, 2.24) is 4.98 Å². The minimum Gasteiger partial charge on any atom is -0.497 e. The number of aromatic nitrogens is 1. The lowest BCUT2D eigenvalue weighted by Crippen LogP contribution is -1.91. The van der Waals surface area contributed by atoms with E-state index in [0.717, 1.165) is 5.39 Å². The maximum atomic E-state index is 13.8. The van der Waals surface area contributed by atoms with E-state index in [1.807, 2.05) is 0 Å². The van der Waals surface area contributed by atoms with Crippen molar-refractivity contribution in [3.8, 4) is 28.6 Å². The predicted octanol–water partition coefficient (Wildman–Crippen LogP) is 3.76. The number of nitrogens with zero attached hydrogens (tertiary/aromatic N) is 1. The molecule has 1 N–H and O–H groups in total. The summed E-state index contributed by atoms with van der Waals surface area (Å²) in [5, 5.41) is 11.4. The van der Waals surface area contributed by atoms with Crippen LogP contribution >= 0.6 is 0 Å². The minimum absolute atomic E-state index is 0.105. The van der Waals surface area contributed by atoms with Crippen LogP contribution in [0.3, 0.4) is 0 Å². The fourth-order valence-electron chi connectivity index (χ4n) is 2.32. The quantitative estimate of drug-likeness (QED) is 0.800. The van der Waals surface area contributed by atoms with E-state index in [9.17, 15) is 9.50 Å². The molecular weight excluding hydrogens is 285 g/mol. The molecule has 2 aromatic carbocycles. The van der Waals surface area contributed by atoms with Crippen LogP contribution < -0.4 is 9.47 Å². The molecule has 0 bridgehead atoms. The Balaban J connectivity index is 2.16. The molecule has 0 unspecified atom stereocenters. The number of benzene rings is 2. The smallest absolute Gasteiger partial charge is 0.219 e. The molecule has 0 fully saturated rings. The Bertz CT molecular complexity index is 849. The minimum atomic E-state index is -0.480. The van der Waals surface area contributed by atoms with Crippen molar-refractivity contribution < 1.29 is 19.0 Å². The number of halogens is 1. The van der Waals surface area contributed by atoms with Crippen LogP contribution in [0.5, 0.6) is 17.4 Å². The van der Waals surface area contributed by atoms with Crippen LogP contribution in [0.4, 0.5) is 4.39 Å². The molecule has 0 atom stereocenters. The highest BCUT2D eigenvalue weighted by atomic mass is 19.1. The second kappa shape index (κ2) is 5.52. The largest absolute Gasteiger partial charge is 0.497 e. The van der Waals surface area contributed by atoms with Gasteiger partial charge >= 0.3 is 0 Å². The molecule has 3 rings (SSSR count). The number of aromatic hydroxyl groups is 1. The zero-order valence-electron chi connectivity index (χ0n) is 12.1. The lowest BCUT2D eigenvalue weighted by molar-refractivity contribution is 0.386. The highest BCUT2D eigenvalue weighted by Gasteiger charge is 2.10. The molecule has 0 spiro atoms. The number of ether oxygens (including phenoxy) is 2. The topological polar surface area (TPSA) is 51.6 Å². The molecule has 5 heteroatoms. The first-order valence-corrected chi connectivity index (χ1v) is 6.64. The fourth-order valence-corrected chi connectivity index (χ4v) is 2.32. The highest BCUT2D eigenvalue weighted by molar-refractivity contribution is 5.90. The average Bonchev–Trinajstić information content (AvgIpc) is 2.54. The van der Waals surface area contributed by atoms with Gasteiger partial charge in [0.15, 0.2) is 11.6 Å². The van der Waals surface area contributed by atoms with Gasteiger partial charge in [-0.3, -0.25) is 0 Å². The van der Waals surface area contributed by atoms with Gasteiger partial charge < -0.3 is 14.6 Å². The molecule has 0 saturated heterocycles. The van der Waals surface area contributed by atoms with Crippen molar-refractivity contribution in [2.45, 2.75) is 0 Å². The Morgan fingerprint density at radius 1 is 1.00 bits per heavy atom. The lowest BCUT2D eigenvalue weighted by Gasteiger charge is -2.08. The Hall–Kier alpha value is -2.82. The first-order valence-electron chi connectivity index (χ1n) is 6.64. The van der Waals surface area contributed by atoms with Gasteiger partial charge in [-0.1, -0.05) is 0 Å². The van der Waals surface area contributed by atoms with Crippen molar-refractivity contribution in [3.05, 3.63) is 48.3 Å². The summed E-state index contributed by atoms with van der Waals surface area (Å²) >= 11 is 0. The molecule has 1 aromatic heterocycles. The average molecular weight is 299 g/mol. The molecule has 0 aliphatic rings. The summed E-state index contributed by atoms with van der Waals surface area (Å²) in [7, 11) is 2.98. The van der Waals surface area contributed by atoms with Crippen molar-refractivity contribution in [3.63, 3.8) is 0 Å². The summed E-state index contributed by atoms with van der Waals surface area (Å²) in [6.07, 6.45) is 0. The van der Waals surface area contributed by atoms with E-state index in [-0.39, 0.29) is 11.6 Å². The number of fused-ring (bicyclic) bond motifs is 1. The molecule has 0 aliphatic heterocycles. The second-order valence-corrected chi connectivity index (χ2v) is 4.77. The maximum Gasteiger partial charge on any atom is 0.219 e. The number of rotatable bonds is 3. The van der Waals surface area contributed by atoms with Gasteiger partial charge in [0.1, 0.15) is 5.75 Å². The first kappa shape index (κ1) is 14.1. The SMILES string of the molecule is COc1ccc2c(O)nc(-c3ccc(OC)c(F)c3)cc2c1. The van der Waals surface area contributed by atoms with E-state index in [4.69, 9.17) is 9.47 Å². The van der Waals surface area contributed by atoms with E-state index < -0.39 is 5.82 Å². The van der Waals surface area contributed by atoms with Crippen LogP contribution in [0, 0.1) is 5.82 Å². The summed E-state index contributed by atoms with van der Waals surface area (Å²) in [5.74, 6) is 0.249. The van der Waals surface area contributed by atoms with Crippen LogP contribution in [-0.2, 0) is 0 Å². The van der Waals surface area contributed by atoms with E-state index in [1.165, 1.54) is 19.2 Å². The van der Waals surface area contributed by atoms with Crippen LogP contribution in [-0.4, -0.2) is 24.3 Å². The van der Waals surface area contributed by atoms with Gasteiger partial charge in [-0.05, 0) is 47.9 Å². The number of methoxy groups -OCH3 is 2. The second-order valence-electron chi connectivity index (χ2n) is 4.77.